The first-order valence-electron chi connectivity index (χ1n) is 20.7. The summed E-state index contributed by atoms with van der Waals surface area (Å²) in [6.45, 7) is 21.6. The number of rotatable bonds is 10. The lowest BCUT2D eigenvalue weighted by Gasteiger charge is -2.72. The molecule has 0 spiro atoms. The summed E-state index contributed by atoms with van der Waals surface area (Å²) in [6.07, 6.45) is 6.50. The van der Waals surface area contributed by atoms with Crippen molar-refractivity contribution >= 4 is 23.6 Å². The number of carboxylic acids is 1. The summed E-state index contributed by atoms with van der Waals surface area (Å²) >= 11 is 0. The van der Waals surface area contributed by atoms with Crippen LogP contribution in [0.25, 0.3) is 0 Å². The summed E-state index contributed by atoms with van der Waals surface area (Å²) in [5, 5.41) is 22.0. The van der Waals surface area contributed by atoms with Crippen molar-refractivity contribution in [2.75, 3.05) is 6.54 Å². The van der Waals surface area contributed by atoms with Gasteiger partial charge in [-0.3, -0.25) is 19.2 Å². The van der Waals surface area contributed by atoms with Gasteiger partial charge in [-0.2, -0.15) is 0 Å². The second-order valence-corrected chi connectivity index (χ2v) is 20.5. The summed E-state index contributed by atoms with van der Waals surface area (Å²) in [7, 11) is 0. The Bertz CT molecular complexity index is 1690. The van der Waals surface area contributed by atoms with Crippen molar-refractivity contribution in [2.45, 2.75) is 152 Å². The number of carbonyl (C=O) groups is 4. The zero-order valence-electron chi connectivity index (χ0n) is 34.7. The number of ether oxygens (including phenoxy) is 1. The first kappa shape index (κ1) is 40.7. The molecule has 1 aromatic carbocycles. The van der Waals surface area contributed by atoms with Crippen molar-refractivity contribution in [3.8, 4) is 0 Å². The molecule has 0 bridgehead atoms. The fourth-order valence-electron chi connectivity index (χ4n) is 13.4. The van der Waals surface area contributed by atoms with Gasteiger partial charge in [-0.05, 0) is 116 Å². The molecule has 6 rings (SSSR count). The molecule has 54 heavy (non-hydrogen) atoms. The molecule has 9 atom stereocenters. The van der Waals surface area contributed by atoms with Gasteiger partial charge in [-0.1, -0.05) is 84.4 Å². The van der Waals surface area contributed by atoms with Crippen LogP contribution in [0.2, 0.25) is 0 Å². The lowest BCUT2D eigenvalue weighted by Crippen LogP contribution is -2.66. The van der Waals surface area contributed by atoms with Gasteiger partial charge in [-0.15, -0.1) is 0 Å². The van der Waals surface area contributed by atoms with Gasteiger partial charge in [0.25, 0.3) is 0 Å². The molecule has 2 N–H and O–H groups in total. The van der Waals surface area contributed by atoms with E-state index in [1.54, 1.807) is 25.7 Å². The molecule has 0 heterocycles. The fraction of sp³-hybridized carbons (Fsp3) is 0.739. The van der Waals surface area contributed by atoms with Gasteiger partial charge in [0, 0.05) is 37.3 Å². The quantitative estimate of drug-likeness (QED) is 0.230. The van der Waals surface area contributed by atoms with Crippen LogP contribution < -0.4 is 0 Å². The van der Waals surface area contributed by atoms with Crippen LogP contribution in [0.4, 0.5) is 0 Å². The van der Waals surface area contributed by atoms with Gasteiger partial charge in [0.15, 0.2) is 5.78 Å². The van der Waals surface area contributed by atoms with E-state index in [1.165, 1.54) is 5.57 Å². The van der Waals surface area contributed by atoms with Crippen LogP contribution in [0.3, 0.4) is 0 Å². The minimum Gasteiger partial charge on any atom is -0.481 e. The standard InChI is InChI=1S/C46H67NO7/c1-28(2)38-32(49)24-46(35(50)27-47(29(3)48)26-30-14-12-11-13-15-30)23-22-44(9)31(39(38)46)16-17-34-43(8)20-19-36(54-37(51)25-41(4,5)40(52)53)42(6,7)33(43)18-21-45(34,44)10/h11-15,28,31,33-36,50H,16-27H2,1-10H3,(H,52,53)/t31-,33?,34-,35+,36+,43+,44-,45-,46+/m1/s1. The van der Waals surface area contributed by atoms with Crippen molar-refractivity contribution in [3.63, 3.8) is 0 Å². The van der Waals surface area contributed by atoms with E-state index in [4.69, 9.17) is 4.74 Å². The molecule has 298 valence electrons. The number of carbonyl (C=O) groups excluding carboxylic acids is 3. The predicted molar refractivity (Wildman–Crippen MR) is 209 cm³/mol. The number of aliphatic hydroxyl groups excluding tert-OH is 1. The first-order chi connectivity index (χ1) is 25.0. The third kappa shape index (κ3) is 6.29. The Hall–Kier alpha value is -3.00. The largest absolute Gasteiger partial charge is 0.481 e. The number of nitrogens with zero attached hydrogens (tertiary/aromatic N) is 1. The first-order valence-corrected chi connectivity index (χ1v) is 20.7. The fourth-order valence-corrected chi connectivity index (χ4v) is 13.4. The predicted octanol–water partition coefficient (Wildman–Crippen LogP) is 8.79. The second kappa shape index (κ2) is 13.9. The molecule has 4 saturated carbocycles. The summed E-state index contributed by atoms with van der Waals surface area (Å²) < 4.78 is 6.17. The highest BCUT2D eigenvalue weighted by Gasteiger charge is 2.71. The maximum atomic E-state index is 14.2. The minimum atomic E-state index is -1.18. The molecule has 0 aliphatic heterocycles. The topological polar surface area (TPSA) is 121 Å². The van der Waals surface area contributed by atoms with E-state index in [0.29, 0.717) is 24.8 Å². The Morgan fingerprint density at radius 1 is 0.907 bits per heavy atom. The van der Waals surface area contributed by atoms with Gasteiger partial charge in [0.1, 0.15) is 6.10 Å². The van der Waals surface area contributed by atoms with Crippen molar-refractivity contribution < 1.29 is 34.1 Å². The number of carboxylic acid groups (broad SMARTS) is 1. The molecule has 0 aromatic heterocycles. The summed E-state index contributed by atoms with van der Waals surface area (Å²) in [6, 6.07) is 9.90. The molecule has 5 aliphatic carbocycles. The van der Waals surface area contributed by atoms with E-state index in [9.17, 15) is 29.4 Å². The Kier molecular flexibility index (Phi) is 10.5. The highest BCUT2D eigenvalue weighted by atomic mass is 16.5. The molecular weight excluding hydrogens is 679 g/mol. The number of benzene rings is 1. The van der Waals surface area contributed by atoms with Gasteiger partial charge in [0.2, 0.25) is 5.91 Å². The number of allylic oxidation sites excluding steroid dienone is 1. The number of hydrogen-bond donors (Lipinski definition) is 2. The Morgan fingerprint density at radius 3 is 2.19 bits per heavy atom. The number of fused-ring (bicyclic) bond motifs is 7. The SMILES string of the molecule is CC(=O)N(Cc1ccccc1)C[C@H](O)[C@@]12CC[C@]3(C)[C@H](CC[C@@H]4[C@@]5(C)CC[C@H](OC(=O)CC(C)(C)C(=O)O)C(C)(C)C5CC[C@]43C)C1=C(C(C)C)C(=O)C2. The van der Waals surface area contributed by atoms with E-state index in [-0.39, 0.29) is 64.3 Å². The monoisotopic (exact) mass is 745 g/mol. The molecular formula is C46H67NO7. The third-order valence-corrected chi connectivity index (χ3v) is 16.6. The van der Waals surface area contributed by atoms with Crippen molar-refractivity contribution in [2.24, 2.45) is 56.2 Å². The van der Waals surface area contributed by atoms with E-state index < -0.39 is 28.9 Å². The van der Waals surface area contributed by atoms with Crippen LogP contribution in [0.1, 0.15) is 139 Å². The molecule has 8 heteroatoms. The number of hydrogen-bond acceptors (Lipinski definition) is 6. The average molecular weight is 746 g/mol. The molecule has 8 nitrogen and oxygen atoms in total. The second-order valence-electron chi connectivity index (χ2n) is 20.5. The van der Waals surface area contributed by atoms with Crippen LogP contribution in [0.5, 0.6) is 0 Å². The van der Waals surface area contributed by atoms with E-state index in [2.05, 4.69) is 48.5 Å². The molecule has 0 saturated heterocycles. The van der Waals surface area contributed by atoms with Gasteiger partial charge in [-0.25, -0.2) is 0 Å². The van der Waals surface area contributed by atoms with E-state index >= 15 is 0 Å². The molecule has 5 aliphatic rings. The van der Waals surface area contributed by atoms with Crippen LogP contribution >= 0.6 is 0 Å². The van der Waals surface area contributed by atoms with Gasteiger partial charge in [0.05, 0.1) is 17.9 Å². The zero-order valence-corrected chi connectivity index (χ0v) is 34.7. The van der Waals surface area contributed by atoms with Crippen LogP contribution in [0.15, 0.2) is 41.5 Å². The molecule has 1 amide bonds. The molecule has 0 radical (unpaired) electrons. The highest BCUT2D eigenvalue weighted by Crippen LogP contribution is 2.77. The number of aliphatic hydroxyl groups is 1. The maximum absolute atomic E-state index is 14.2. The van der Waals surface area contributed by atoms with E-state index in [0.717, 1.165) is 62.5 Å². The summed E-state index contributed by atoms with van der Waals surface area (Å²) in [5.41, 5.74) is 0.991. The van der Waals surface area contributed by atoms with Gasteiger partial charge < -0.3 is 19.8 Å². The number of Topliss-reactive ketones (excluding diaryl/α,β-unsaturated/α-hetero) is 1. The molecule has 1 unspecified atom stereocenters. The average Bonchev–Trinajstić information content (AvgIpc) is 3.39. The Morgan fingerprint density at radius 2 is 1.57 bits per heavy atom. The number of amides is 1. The van der Waals surface area contributed by atoms with Crippen LogP contribution in [0, 0.1) is 56.2 Å². The molecule has 1 aromatic rings. The van der Waals surface area contributed by atoms with Crippen LogP contribution in [-0.2, 0) is 30.5 Å². The normalized spacial score (nSPS) is 36.4. The van der Waals surface area contributed by atoms with Crippen LogP contribution in [-0.4, -0.2) is 57.5 Å². The Balaban J connectivity index is 1.29. The summed E-state index contributed by atoms with van der Waals surface area (Å²) in [4.78, 5) is 53.8. The molecule has 4 fully saturated rings. The minimum absolute atomic E-state index is 0.00282. The number of ketones is 1. The van der Waals surface area contributed by atoms with Crippen molar-refractivity contribution in [1.29, 1.82) is 0 Å². The summed E-state index contributed by atoms with van der Waals surface area (Å²) in [5.74, 6) is -0.328. The smallest absolute Gasteiger partial charge is 0.309 e. The number of aliphatic carboxylic acids is 1. The Labute approximate surface area is 323 Å². The highest BCUT2D eigenvalue weighted by molar-refractivity contribution is 6.00. The van der Waals surface area contributed by atoms with Gasteiger partial charge >= 0.3 is 11.9 Å². The number of esters is 1. The van der Waals surface area contributed by atoms with E-state index in [1.807, 2.05) is 30.3 Å². The van der Waals surface area contributed by atoms with Crippen molar-refractivity contribution in [3.05, 3.63) is 47.0 Å². The zero-order chi connectivity index (χ0) is 39.8. The van der Waals surface area contributed by atoms with Crippen molar-refractivity contribution in [1.82, 2.24) is 4.90 Å². The lowest BCUT2D eigenvalue weighted by molar-refractivity contribution is -0.235. The lowest BCUT2D eigenvalue weighted by atomic mass is 9.33. The third-order valence-electron chi connectivity index (χ3n) is 16.6. The maximum Gasteiger partial charge on any atom is 0.309 e.